The van der Waals surface area contributed by atoms with Gasteiger partial charge in [-0.25, -0.2) is 4.79 Å². The number of aromatic carboxylic acids is 1. The molecule has 2 heterocycles. The zero-order chi connectivity index (χ0) is 13.1. The van der Waals surface area contributed by atoms with Gasteiger partial charge < -0.3 is 15.7 Å². The summed E-state index contributed by atoms with van der Waals surface area (Å²) in [5, 5.41) is 13.9. The number of nitrogens with one attached hydrogen (secondary N) is 2. The van der Waals surface area contributed by atoms with Crippen molar-refractivity contribution >= 4 is 23.5 Å². The molecule has 1 atom stereocenters. The van der Waals surface area contributed by atoms with Crippen molar-refractivity contribution in [3.63, 3.8) is 0 Å². The summed E-state index contributed by atoms with van der Waals surface area (Å²) in [6.07, 6.45) is 3.30. The lowest BCUT2D eigenvalue weighted by molar-refractivity contribution is -0.122. The highest BCUT2D eigenvalue weighted by molar-refractivity contribution is 6.03. The van der Waals surface area contributed by atoms with Gasteiger partial charge in [-0.1, -0.05) is 0 Å². The van der Waals surface area contributed by atoms with Gasteiger partial charge in [-0.3, -0.25) is 14.6 Å². The van der Waals surface area contributed by atoms with Crippen LogP contribution in [0.5, 0.6) is 0 Å². The quantitative estimate of drug-likeness (QED) is 0.698. The summed E-state index contributed by atoms with van der Waals surface area (Å²) < 4.78 is 0. The van der Waals surface area contributed by atoms with Crippen molar-refractivity contribution in [2.45, 2.75) is 18.9 Å². The molecule has 0 saturated carbocycles. The van der Waals surface area contributed by atoms with Gasteiger partial charge in [-0.15, -0.1) is 0 Å². The molecule has 1 fully saturated rings. The third kappa shape index (κ3) is 2.45. The van der Waals surface area contributed by atoms with Crippen LogP contribution in [0, 0.1) is 0 Å². The Morgan fingerprint density at radius 2 is 2.28 bits per heavy atom. The number of carboxylic acid groups (broad SMARTS) is 1. The predicted molar refractivity (Wildman–Crippen MR) is 61.0 cm³/mol. The van der Waals surface area contributed by atoms with Gasteiger partial charge >= 0.3 is 5.97 Å². The lowest BCUT2D eigenvalue weighted by Gasteiger charge is -2.12. The zero-order valence-electron chi connectivity index (χ0n) is 9.34. The Hall–Kier alpha value is -2.44. The van der Waals surface area contributed by atoms with Crippen molar-refractivity contribution in [1.29, 1.82) is 0 Å². The average Bonchev–Trinajstić information content (AvgIpc) is 2.76. The van der Waals surface area contributed by atoms with Crippen LogP contribution in [0.15, 0.2) is 18.5 Å². The number of carbonyl (C=O) groups is 3. The number of rotatable bonds is 3. The molecule has 0 bridgehead atoms. The Labute approximate surface area is 102 Å². The molecule has 0 radical (unpaired) electrons. The van der Waals surface area contributed by atoms with Crippen molar-refractivity contribution in [1.82, 2.24) is 10.3 Å². The molecule has 0 spiro atoms. The molecule has 7 heteroatoms. The summed E-state index contributed by atoms with van der Waals surface area (Å²) >= 11 is 0. The standard InChI is InChI=1S/C11H11N3O4/c15-9-2-1-7(13-9)10(16)14-8-5-12-4-3-6(8)11(17)18/h3-5,7H,1-2H2,(H,13,15)(H,14,16)(H,17,18). The fraction of sp³-hybridized carbons (Fsp3) is 0.273. The second-order valence-corrected chi connectivity index (χ2v) is 3.87. The van der Waals surface area contributed by atoms with Crippen LogP contribution in [0.3, 0.4) is 0 Å². The molecule has 94 valence electrons. The summed E-state index contributed by atoms with van der Waals surface area (Å²) in [5.74, 6) is -1.76. The fourth-order valence-corrected chi connectivity index (χ4v) is 1.71. The molecule has 3 N–H and O–H groups in total. The molecular weight excluding hydrogens is 238 g/mol. The Morgan fingerprint density at radius 3 is 2.89 bits per heavy atom. The maximum absolute atomic E-state index is 11.8. The summed E-state index contributed by atoms with van der Waals surface area (Å²) in [7, 11) is 0. The van der Waals surface area contributed by atoms with Crippen molar-refractivity contribution in [2.24, 2.45) is 0 Å². The number of nitrogens with zero attached hydrogens (tertiary/aromatic N) is 1. The normalized spacial score (nSPS) is 18.2. The minimum atomic E-state index is -1.15. The summed E-state index contributed by atoms with van der Waals surface area (Å²) in [5.41, 5.74) is 0.0822. The van der Waals surface area contributed by atoms with Gasteiger partial charge in [0.05, 0.1) is 17.4 Å². The first kappa shape index (κ1) is 12.0. The second kappa shape index (κ2) is 4.82. The Bertz CT molecular complexity index is 515. The first-order valence-corrected chi connectivity index (χ1v) is 5.35. The van der Waals surface area contributed by atoms with E-state index in [-0.39, 0.29) is 17.2 Å². The topological polar surface area (TPSA) is 108 Å². The van der Waals surface area contributed by atoms with E-state index in [4.69, 9.17) is 5.11 Å². The summed E-state index contributed by atoms with van der Waals surface area (Å²) in [4.78, 5) is 37.5. The second-order valence-electron chi connectivity index (χ2n) is 3.87. The van der Waals surface area contributed by atoms with Crippen molar-refractivity contribution in [2.75, 3.05) is 5.32 Å². The molecule has 1 aromatic rings. The molecule has 1 unspecified atom stereocenters. The predicted octanol–water partition coefficient (Wildman–Crippen LogP) is -0.00310. The van der Waals surface area contributed by atoms with Gasteiger partial charge in [0.1, 0.15) is 6.04 Å². The van der Waals surface area contributed by atoms with E-state index in [1.807, 2.05) is 0 Å². The van der Waals surface area contributed by atoms with Crippen molar-refractivity contribution in [3.05, 3.63) is 24.0 Å². The smallest absolute Gasteiger partial charge is 0.337 e. The Morgan fingerprint density at radius 1 is 1.50 bits per heavy atom. The number of hydrogen-bond acceptors (Lipinski definition) is 4. The van der Waals surface area contributed by atoms with E-state index < -0.39 is 17.9 Å². The number of carboxylic acids is 1. The summed E-state index contributed by atoms with van der Waals surface area (Å²) in [6, 6.07) is 0.685. The van der Waals surface area contributed by atoms with Crippen LogP contribution in [0.2, 0.25) is 0 Å². The molecule has 18 heavy (non-hydrogen) atoms. The molecular formula is C11H11N3O4. The van der Waals surface area contributed by atoms with Gasteiger partial charge in [-0.2, -0.15) is 0 Å². The number of amides is 2. The molecule has 1 aliphatic heterocycles. The molecule has 2 amide bonds. The molecule has 1 aromatic heterocycles. The first-order valence-electron chi connectivity index (χ1n) is 5.35. The van der Waals surface area contributed by atoms with Gasteiger partial charge in [0, 0.05) is 12.6 Å². The monoisotopic (exact) mass is 249 g/mol. The minimum Gasteiger partial charge on any atom is -0.478 e. The van der Waals surface area contributed by atoms with Crippen LogP contribution in [-0.4, -0.2) is 33.9 Å². The maximum atomic E-state index is 11.8. The van der Waals surface area contributed by atoms with Crippen LogP contribution >= 0.6 is 0 Å². The van der Waals surface area contributed by atoms with E-state index in [1.54, 1.807) is 0 Å². The Kier molecular flexibility index (Phi) is 3.22. The zero-order valence-corrected chi connectivity index (χ0v) is 9.34. The third-order valence-electron chi connectivity index (χ3n) is 2.62. The molecule has 0 aromatic carbocycles. The maximum Gasteiger partial charge on any atom is 0.337 e. The van der Waals surface area contributed by atoms with Crippen molar-refractivity contribution in [3.8, 4) is 0 Å². The highest BCUT2D eigenvalue weighted by Crippen LogP contribution is 2.15. The molecule has 7 nitrogen and oxygen atoms in total. The number of pyridine rings is 1. The van der Waals surface area contributed by atoms with E-state index in [1.165, 1.54) is 18.5 Å². The van der Waals surface area contributed by atoms with Crippen LogP contribution < -0.4 is 10.6 Å². The summed E-state index contributed by atoms with van der Waals surface area (Å²) in [6.45, 7) is 0. The Balaban J connectivity index is 2.12. The van der Waals surface area contributed by atoms with Crippen LogP contribution in [0.1, 0.15) is 23.2 Å². The van der Waals surface area contributed by atoms with Gasteiger partial charge in [0.15, 0.2) is 0 Å². The van der Waals surface area contributed by atoms with Crippen LogP contribution in [0.25, 0.3) is 0 Å². The first-order chi connectivity index (χ1) is 8.58. The van der Waals surface area contributed by atoms with E-state index in [2.05, 4.69) is 15.6 Å². The number of anilines is 1. The van der Waals surface area contributed by atoms with Crippen LogP contribution in [-0.2, 0) is 9.59 Å². The van der Waals surface area contributed by atoms with Crippen molar-refractivity contribution < 1.29 is 19.5 Å². The van der Waals surface area contributed by atoms with E-state index in [0.29, 0.717) is 12.8 Å². The largest absolute Gasteiger partial charge is 0.478 e. The van der Waals surface area contributed by atoms with Gasteiger partial charge in [-0.05, 0) is 12.5 Å². The average molecular weight is 249 g/mol. The lowest BCUT2D eigenvalue weighted by atomic mass is 10.2. The minimum absolute atomic E-state index is 0.0392. The lowest BCUT2D eigenvalue weighted by Crippen LogP contribution is -2.37. The highest BCUT2D eigenvalue weighted by Gasteiger charge is 2.27. The number of hydrogen-bond donors (Lipinski definition) is 3. The van der Waals surface area contributed by atoms with Gasteiger partial charge in [0.2, 0.25) is 11.8 Å². The number of aromatic nitrogens is 1. The third-order valence-corrected chi connectivity index (χ3v) is 2.62. The molecule has 1 saturated heterocycles. The number of carbonyl (C=O) groups excluding carboxylic acids is 2. The highest BCUT2D eigenvalue weighted by atomic mass is 16.4. The van der Waals surface area contributed by atoms with E-state index >= 15 is 0 Å². The van der Waals surface area contributed by atoms with Crippen LogP contribution in [0.4, 0.5) is 5.69 Å². The van der Waals surface area contributed by atoms with E-state index in [9.17, 15) is 14.4 Å². The van der Waals surface area contributed by atoms with E-state index in [0.717, 1.165) is 0 Å². The molecule has 0 aliphatic carbocycles. The molecule has 2 rings (SSSR count). The van der Waals surface area contributed by atoms with Gasteiger partial charge in [0.25, 0.3) is 0 Å². The molecule has 1 aliphatic rings. The fourth-order valence-electron chi connectivity index (χ4n) is 1.71. The SMILES string of the molecule is O=C1CCC(C(=O)Nc2cnccc2C(=O)O)N1.